The minimum Gasteiger partial charge on any atom is -0.378 e. The molecule has 23 heavy (non-hydrogen) atoms. The van der Waals surface area contributed by atoms with Gasteiger partial charge in [0.25, 0.3) is 0 Å². The van der Waals surface area contributed by atoms with E-state index in [1.807, 2.05) is 6.92 Å². The third-order valence-corrected chi connectivity index (χ3v) is 6.46. The summed E-state index contributed by atoms with van der Waals surface area (Å²) in [6.07, 6.45) is 1.27. The highest BCUT2D eigenvalue weighted by molar-refractivity contribution is 7.90. The highest BCUT2D eigenvalue weighted by atomic mass is 32.2. The number of rotatable bonds is 7. The Labute approximate surface area is 137 Å². The van der Waals surface area contributed by atoms with Crippen molar-refractivity contribution in [3.8, 4) is 0 Å². The SMILES string of the molecule is C[C@@H]1C[C@H](NS(=O)(=O)CCNS(=O)(=O)c2ccccc2)CCO1. The van der Waals surface area contributed by atoms with E-state index in [9.17, 15) is 16.8 Å². The summed E-state index contributed by atoms with van der Waals surface area (Å²) < 4.78 is 58.4. The Morgan fingerprint density at radius 2 is 1.87 bits per heavy atom. The largest absolute Gasteiger partial charge is 0.378 e. The zero-order chi connectivity index (χ0) is 16.9. The normalized spacial score (nSPS) is 22.8. The summed E-state index contributed by atoms with van der Waals surface area (Å²) in [6, 6.07) is 7.69. The van der Waals surface area contributed by atoms with Crippen LogP contribution in [0.25, 0.3) is 0 Å². The standard InChI is InChI=1S/C14H22N2O5S2/c1-12-11-13(7-9-21-12)16-22(17,18)10-8-15-23(19,20)14-5-3-2-4-6-14/h2-6,12-13,15-16H,7-11H2,1H3/t12-,13-/m1/s1. The number of ether oxygens (including phenoxy) is 1. The molecule has 0 radical (unpaired) electrons. The first-order chi connectivity index (χ1) is 10.8. The van der Waals surface area contributed by atoms with E-state index in [0.717, 1.165) is 0 Å². The molecular weight excluding hydrogens is 340 g/mol. The van der Waals surface area contributed by atoms with E-state index in [-0.39, 0.29) is 29.3 Å². The average molecular weight is 362 g/mol. The van der Waals surface area contributed by atoms with Crippen LogP contribution in [0.4, 0.5) is 0 Å². The van der Waals surface area contributed by atoms with Crippen molar-refractivity contribution in [2.24, 2.45) is 0 Å². The fourth-order valence-electron chi connectivity index (χ4n) is 2.41. The van der Waals surface area contributed by atoms with Crippen molar-refractivity contribution < 1.29 is 21.6 Å². The van der Waals surface area contributed by atoms with Gasteiger partial charge in [0.1, 0.15) is 0 Å². The molecular formula is C14H22N2O5S2. The average Bonchev–Trinajstić information content (AvgIpc) is 2.47. The second-order valence-electron chi connectivity index (χ2n) is 5.55. The molecule has 1 aromatic carbocycles. The molecule has 1 fully saturated rings. The van der Waals surface area contributed by atoms with Gasteiger partial charge in [0.2, 0.25) is 20.0 Å². The second kappa shape index (κ2) is 7.71. The number of hydrogen-bond donors (Lipinski definition) is 2. The van der Waals surface area contributed by atoms with Crippen molar-refractivity contribution in [3.63, 3.8) is 0 Å². The zero-order valence-corrected chi connectivity index (χ0v) is 14.6. The maximum absolute atomic E-state index is 12.0. The molecule has 7 nitrogen and oxygen atoms in total. The first kappa shape index (κ1) is 18.3. The van der Waals surface area contributed by atoms with Crippen LogP contribution in [0.2, 0.25) is 0 Å². The Morgan fingerprint density at radius 1 is 1.17 bits per heavy atom. The molecule has 1 aliphatic heterocycles. The summed E-state index contributed by atoms with van der Waals surface area (Å²) in [5.41, 5.74) is 0. The Morgan fingerprint density at radius 3 is 2.52 bits per heavy atom. The summed E-state index contributed by atoms with van der Waals surface area (Å²) in [4.78, 5) is 0.114. The van der Waals surface area contributed by atoms with E-state index in [4.69, 9.17) is 4.74 Å². The topological polar surface area (TPSA) is 102 Å². The van der Waals surface area contributed by atoms with E-state index in [2.05, 4.69) is 9.44 Å². The lowest BCUT2D eigenvalue weighted by Gasteiger charge is -2.27. The van der Waals surface area contributed by atoms with Gasteiger partial charge in [-0.1, -0.05) is 18.2 Å². The van der Waals surface area contributed by atoms with E-state index in [0.29, 0.717) is 19.4 Å². The second-order valence-corrected chi connectivity index (χ2v) is 9.19. The molecule has 130 valence electrons. The van der Waals surface area contributed by atoms with Crippen LogP contribution in [-0.2, 0) is 24.8 Å². The minimum absolute atomic E-state index is 0.0213. The fraction of sp³-hybridized carbons (Fsp3) is 0.571. The van der Waals surface area contributed by atoms with Crippen LogP contribution in [0.15, 0.2) is 35.2 Å². The van der Waals surface area contributed by atoms with Gasteiger partial charge in [0.05, 0.1) is 16.8 Å². The van der Waals surface area contributed by atoms with Crippen molar-refractivity contribution in [3.05, 3.63) is 30.3 Å². The van der Waals surface area contributed by atoms with Crippen molar-refractivity contribution in [2.45, 2.75) is 36.8 Å². The van der Waals surface area contributed by atoms with Gasteiger partial charge < -0.3 is 4.74 Å². The van der Waals surface area contributed by atoms with Gasteiger partial charge in [0.15, 0.2) is 0 Å². The highest BCUT2D eigenvalue weighted by Gasteiger charge is 2.24. The molecule has 0 unspecified atom stereocenters. The van der Waals surface area contributed by atoms with Crippen molar-refractivity contribution in [1.82, 2.24) is 9.44 Å². The van der Waals surface area contributed by atoms with E-state index >= 15 is 0 Å². The molecule has 1 aliphatic rings. The summed E-state index contributed by atoms with van der Waals surface area (Å²) in [5, 5.41) is 0. The maximum atomic E-state index is 12.0. The predicted molar refractivity (Wildman–Crippen MR) is 87.0 cm³/mol. The number of nitrogens with one attached hydrogen (secondary N) is 2. The Hall–Kier alpha value is -1.00. The molecule has 0 bridgehead atoms. The number of hydrogen-bond acceptors (Lipinski definition) is 5. The minimum atomic E-state index is -3.69. The lowest BCUT2D eigenvalue weighted by atomic mass is 10.1. The quantitative estimate of drug-likeness (QED) is 0.733. The summed E-state index contributed by atoms with van der Waals surface area (Å²) in [5.74, 6) is -0.301. The van der Waals surface area contributed by atoms with Crippen LogP contribution < -0.4 is 9.44 Å². The van der Waals surface area contributed by atoms with Gasteiger partial charge >= 0.3 is 0 Å². The van der Waals surface area contributed by atoms with Gasteiger partial charge in [-0.3, -0.25) is 0 Å². The zero-order valence-electron chi connectivity index (χ0n) is 12.9. The van der Waals surface area contributed by atoms with Crippen LogP contribution in [-0.4, -0.2) is 47.9 Å². The molecule has 1 heterocycles. The van der Waals surface area contributed by atoms with Gasteiger partial charge in [0, 0.05) is 19.2 Å². The first-order valence-electron chi connectivity index (χ1n) is 7.45. The molecule has 1 aromatic rings. The molecule has 0 aliphatic carbocycles. The lowest BCUT2D eigenvalue weighted by molar-refractivity contribution is 0.0173. The van der Waals surface area contributed by atoms with Crippen molar-refractivity contribution >= 4 is 20.0 Å². The number of benzene rings is 1. The Kier molecular flexibility index (Phi) is 6.15. The van der Waals surface area contributed by atoms with E-state index < -0.39 is 20.0 Å². The molecule has 9 heteroatoms. The Bertz CT molecular complexity index is 704. The molecule has 2 atom stereocenters. The summed E-state index contributed by atoms with van der Waals surface area (Å²) in [7, 11) is -7.23. The third-order valence-electron chi connectivity index (χ3n) is 3.55. The van der Waals surface area contributed by atoms with Crippen LogP contribution in [0.1, 0.15) is 19.8 Å². The van der Waals surface area contributed by atoms with Crippen molar-refractivity contribution in [1.29, 1.82) is 0 Å². The molecule has 0 saturated carbocycles. The number of sulfonamides is 2. The Balaban J connectivity index is 1.85. The molecule has 2 rings (SSSR count). The van der Waals surface area contributed by atoms with Gasteiger partial charge in [-0.15, -0.1) is 0 Å². The molecule has 1 saturated heterocycles. The highest BCUT2D eigenvalue weighted by Crippen LogP contribution is 2.14. The van der Waals surface area contributed by atoms with Gasteiger partial charge in [-0.05, 0) is 31.9 Å². The van der Waals surface area contributed by atoms with Gasteiger partial charge in [-0.2, -0.15) is 0 Å². The van der Waals surface area contributed by atoms with Crippen LogP contribution in [0.3, 0.4) is 0 Å². The molecule has 0 amide bonds. The molecule has 0 spiro atoms. The van der Waals surface area contributed by atoms with E-state index in [1.54, 1.807) is 18.2 Å². The van der Waals surface area contributed by atoms with Crippen LogP contribution in [0.5, 0.6) is 0 Å². The smallest absolute Gasteiger partial charge is 0.240 e. The predicted octanol–water partition coefficient (Wildman–Crippen LogP) is 0.452. The summed E-state index contributed by atoms with van der Waals surface area (Å²) in [6.45, 7) is 2.24. The maximum Gasteiger partial charge on any atom is 0.240 e. The molecule has 0 aromatic heterocycles. The van der Waals surface area contributed by atoms with Crippen LogP contribution in [0, 0.1) is 0 Å². The summed E-state index contributed by atoms with van der Waals surface area (Å²) >= 11 is 0. The van der Waals surface area contributed by atoms with Crippen molar-refractivity contribution in [2.75, 3.05) is 18.9 Å². The van der Waals surface area contributed by atoms with Gasteiger partial charge in [-0.25, -0.2) is 26.3 Å². The fourth-order valence-corrected chi connectivity index (χ4v) is 4.80. The third kappa shape index (κ3) is 5.85. The lowest BCUT2D eigenvalue weighted by Crippen LogP contribution is -2.43. The first-order valence-corrected chi connectivity index (χ1v) is 10.6. The monoisotopic (exact) mass is 362 g/mol. The molecule has 2 N–H and O–H groups in total. The van der Waals surface area contributed by atoms with E-state index in [1.165, 1.54) is 12.1 Å². The van der Waals surface area contributed by atoms with Crippen LogP contribution >= 0.6 is 0 Å².